The number of piperazine rings is 1. The summed E-state index contributed by atoms with van der Waals surface area (Å²) < 4.78 is 31.6. The van der Waals surface area contributed by atoms with Gasteiger partial charge in [-0.2, -0.15) is 4.31 Å². The maximum absolute atomic E-state index is 12.6. The van der Waals surface area contributed by atoms with E-state index in [1.807, 2.05) is 11.8 Å². The lowest BCUT2D eigenvalue weighted by atomic mass is 10.2. The van der Waals surface area contributed by atoms with Gasteiger partial charge in [-0.05, 0) is 31.5 Å². The Hall–Kier alpha value is -1.15. The lowest BCUT2D eigenvalue weighted by Gasteiger charge is -2.33. The van der Waals surface area contributed by atoms with Crippen molar-refractivity contribution < 1.29 is 17.9 Å². The normalized spacial score (nSPS) is 17.2. The fourth-order valence-electron chi connectivity index (χ4n) is 2.40. The van der Waals surface area contributed by atoms with Gasteiger partial charge in [-0.25, -0.2) is 8.42 Å². The Labute approximate surface area is 142 Å². The number of carbonyl (C=O) groups excluding carboxylic acids is 1. The summed E-state index contributed by atoms with van der Waals surface area (Å²) in [4.78, 5) is 13.6. The second kappa shape index (κ2) is 7.61. The van der Waals surface area contributed by atoms with Crippen molar-refractivity contribution in [2.75, 3.05) is 39.3 Å². The van der Waals surface area contributed by atoms with Crippen LogP contribution in [0.25, 0.3) is 0 Å². The number of halogens is 1. The molecule has 2 rings (SSSR count). The van der Waals surface area contributed by atoms with Crippen molar-refractivity contribution >= 4 is 27.6 Å². The Morgan fingerprint density at radius 2 is 1.91 bits per heavy atom. The molecule has 1 heterocycles. The maximum atomic E-state index is 12.6. The lowest BCUT2D eigenvalue weighted by Crippen LogP contribution is -2.49. The minimum atomic E-state index is -3.56. The van der Waals surface area contributed by atoms with E-state index in [0.29, 0.717) is 37.8 Å². The Bertz CT molecular complexity index is 670. The van der Waals surface area contributed by atoms with E-state index < -0.39 is 10.0 Å². The van der Waals surface area contributed by atoms with Gasteiger partial charge in [0.2, 0.25) is 10.0 Å². The zero-order chi connectivity index (χ0) is 17.0. The number of hydrogen-bond donors (Lipinski definition) is 0. The fraction of sp³-hybridized carbons (Fsp3) is 0.533. The third-order valence-corrected chi connectivity index (χ3v) is 6.07. The molecule has 0 amide bonds. The second-order valence-corrected chi connectivity index (χ2v) is 7.74. The van der Waals surface area contributed by atoms with Crippen molar-refractivity contribution in [2.24, 2.45) is 0 Å². The van der Waals surface area contributed by atoms with Crippen molar-refractivity contribution in [1.29, 1.82) is 0 Å². The minimum Gasteiger partial charge on any atom is -0.465 e. The quantitative estimate of drug-likeness (QED) is 0.745. The van der Waals surface area contributed by atoms with Gasteiger partial charge in [0, 0.05) is 31.2 Å². The molecule has 1 fully saturated rings. The molecule has 23 heavy (non-hydrogen) atoms. The van der Waals surface area contributed by atoms with Crippen molar-refractivity contribution in [2.45, 2.75) is 18.7 Å². The molecule has 1 aliphatic rings. The van der Waals surface area contributed by atoms with Gasteiger partial charge in [-0.1, -0.05) is 17.7 Å². The molecule has 1 aromatic rings. The number of esters is 1. The van der Waals surface area contributed by atoms with Gasteiger partial charge in [0.05, 0.1) is 18.0 Å². The molecule has 0 radical (unpaired) electrons. The first kappa shape index (κ1) is 18.2. The van der Waals surface area contributed by atoms with E-state index in [1.54, 1.807) is 19.1 Å². The molecule has 0 aliphatic carbocycles. The molecule has 128 valence electrons. The zero-order valence-electron chi connectivity index (χ0n) is 13.3. The van der Waals surface area contributed by atoms with Crippen molar-refractivity contribution in [1.82, 2.24) is 9.21 Å². The van der Waals surface area contributed by atoms with Crippen LogP contribution in [0.3, 0.4) is 0 Å². The van der Waals surface area contributed by atoms with Crippen LogP contribution in [-0.2, 0) is 19.6 Å². The summed E-state index contributed by atoms with van der Waals surface area (Å²) in [6.07, 6.45) is 0. The molecule has 0 saturated carbocycles. The third-order valence-electron chi connectivity index (χ3n) is 3.77. The topological polar surface area (TPSA) is 66.9 Å². The number of nitrogens with zero attached hydrogens (tertiary/aromatic N) is 2. The molecule has 1 aromatic carbocycles. The molecule has 0 unspecified atom stereocenters. The van der Waals surface area contributed by atoms with Crippen LogP contribution in [0.1, 0.15) is 12.5 Å². The molecule has 0 aromatic heterocycles. The number of hydrogen-bond acceptors (Lipinski definition) is 5. The highest BCUT2D eigenvalue weighted by molar-refractivity contribution is 7.89. The van der Waals surface area contributed by atoms with E-state index >= 15 is 0 Å². The summed E-state index contributed by atoms with van der Waals surface area (Å²) in [5, 5.41) is 0.437. The van der Waals surface area contributed by atoms with Gasteiger partial charge in [0.1, 0.15) is 0 Å². The molecule has 1 saturated heterocycles. The number of aryl methyl sites for hydroxylation is 1. The van der Waals surface area contributed by atoms with Crippen molar-refractivity contribution in [3.63, 3.8) is 0 Å². The van der Waals surface area contributed by atoms with E-state index in [9.17, 15) is 13.2 Å². The number of benzene rings is 1. The average molecular weight is 361 g/mol. The first-order chi connectivity index (χ1) is 10.8. The molecule has 0 N–H and O–H groups in total. The van der Waals surface area contributed by atoms with Gasteiger partial charge in [0.25, 0.3) is 0 Å². The summed E-state index contributed by atoms with van der Waals surface area (Å²) in [6, 6.07) is 4.75. The second-order valence-electron chi connectivity index (χ2n) is 5.40. The van der Waals surface area contributed by atoms with E-state index in [4.69, 9.17) is 16.3 Å². The number of carbonyl (C=O) groups is 1. The summed E-state index contributed by atoms with van der Waals surface area (Å²) >= 11 is 6.03. The average Bonchev–Trinajstić information content (AvgIpc) is 2.50. The lowest BCUT2D eigenvalue weighted by molar-refractivity contribution is -0.144. The Balaban J connectivity index is 2.01. The highest BCUT2D eigenvalue weighted by Gasteiger charge is 2.29. The number of ether oxygens (including phenoxy) is 1. The SMILES string of the molecule is CCOC(=O)CN1CCN(S(=O)(=O)c2ccc(C)c(Cl)c2)CC1. The van der Waals surface area contributed by atoms with Gasteiger partial charge in [-0.15, -0.1) is 0 Å². The van der Waals surface area contributed by atoms with Crippen LogP contribution in [-0.4, -0.2) is 62.9 Å². The number of rotatable bonds is 5. The van der Waals surface area contributed by atoms with Crippen molar-refractivity contribution in [3.05, 3.63) is 28.8 Å². The smallest absolute Gasteiger partial charge is 0.320 e. The summed E-state index contributed by atoms with van der Waals surface area (Å²) in [6.45, 7) is 5.80. The van der Waals surface area contributed by atoms with Crippen LogP contribution in [0.15, 0.2) is 23.1 Å². The van der Waals surface area contributed by atoms with E-state index in [2.05, 4.69) is 0 Å². The van der Waals surface area contributed by atoms with E-state index in [-0.39, 0.29) is 17.4 Å². The Morgan fingerprint density at radius 3 is 2.48 bits per heavy atom. The molecule has 0 atom stereocenters. The Kier molecular flexibility index (Phi) is 6.02. The van der Waals surface area contributed by atoms with Gasteiger partial charge in [-0.3, -0.25) is 9.69 Å². The molecular formula is C15H21ClN2O4S. The van der Waals surface area contributed by atoms with Crippen molar-refractivity contribution in [3.8, 4) is 0 Å². The monoisotopic (exact) mass is 360 g/mol. The molecular weight excluding hydrogens is 340 g/mol. The first-order valence-corrected chi connectivity index (χ1v) is 9.30. The summed E-state index contributed by atoms with van der Waals surface area (Å²) in [5.41, 5.74) is 0.838. The highest BCUT2D eigenvalue weighted by atomic mass is 35.5. The summed E-state index contributed by atoms with van der Waals surface area (Å²) in [7, 11) is -3.56. The van der Waals surface area contributed by atoms with Gasteiger partial charge < -0.3 is 4.74 Å². The molecule has 8 heteroatoms. The largest absolute Gasteiger partial charge is 0.465 e. The fourth-order valence-corrected chi connectivity index (χ4v) is 4.09. The highest BCUT2D eigenvalue weighted by Crippen LogP contribution is 2.23. The molecule has 1 aliphatic heterocycles. The standard InChI is InChI=1S/C15H21ClN2O4S/c1-3-22-15(19)11-17-6-8-18(9-7-17)23(20,21)13-5-4-12(2)14(16)10-13/h4-5,10H,3,6-9,11H2,1-2H3. The van der Waals surface area contributed by atoms with Crippen LogP contribution < -0.4 is 0 Å². The first-order valence-electron chi connectivity index (χ1n) is 7.49. The predicted molar refractivity (Wildman–Crippen MR) is 88.0 cm³/mol. The Morgan fingerprint density at radius 1 is 1.26 bits per heavy atom. The number of sulfonamides is 1. The van der Waals surface area contributed by atoms with Crippen LogP contribution in [0.5, 0.6) is 0 Å². The predicted octanol–water partition coefficient (Wildman–Crippen LogP) is 1.52. The van der Waals surface area contributed by atoms with E-state index in [1.165, 1.54) is 10.4 Å². The van der Waals surface area contributed by atoms with E-state index in [0.717, 1.165) is 5.56 Å². The summed E-state index contributed by atoms with van der Waals surface area (Å²) in [5.74, 6) is -0.283. The molecule has 6 nitrogen and oxygen atoms in total. The van der Waals surface area contributed by atoms with Gasteiger partial charge in [0.15, 0.2) is 0 Å². The van der Waals surface area contributed by atoms with Gasteiger partial charge >= 0.3 is 5.97 Å². The molecule has 0 bridgehead atoms. The maximum Gasteiger partial charge on any atom is 0.320 e. The zero-order valence-corrected chi connectivity index (χ0v) is 14.9. The van der Waals surface area contributed by atoms with Crippen LogP contribution in [0.2, 0.25) is 5.02 Å². The molecule has 0 spiro atoms. The van der Waals surface area contributed by atoms with Crippen LogP contribution >= 0.6 is 11.6 Å². The third kappa shape index (κ3) is 4.44. The minimum absolute atomic E-state index is 0.193. The van der Waals surface area contributed by atoms with Crippen LogP contribution in [0.4, 0.5) is 0 Å². The van der Waals surface area contributed by atoms with Crippen LogP contribution in [0, 0.1) is 6.92 Å².